The maximum absolute atomic E-state index is 11.9. The maximum Gasteiger partial charge on any atom is 0.364 e. The molecule has 4 rings (SSSR count). The van der Waals surface area contributed by atoms with Crippen molar-refractivity contribution < 1.29 is 88.7 Å². The molecule has 0 aromatic rings. The molecule has 4 aliphatic heterocycles. The smallest absolute Gasteiger partial charge is 0.364 e. The van der Waals surface area contributed by atoms with Crippen LogP contribution in [0.2, 0.25) is 0 Å². The third-order valence-electron chi connectivity index (χ3n) is 7.08. The Morgan fingerprint density at radius 3 is 1.95 bits per heavy atom. The summed E-state index contributed by atoms with van der Waals surface area (Å²) in [5, 5.41) is 90.9. The highest BCUT2D eigenvalue weighted by Crippen LogP contribution is 2.40. The first-order chi connectivity index (χ1) is 18.2. The molecule has 0 aromatic carbocycles. The van der Waals surface area contributed by atoms with Crippen molar-refractivity contribution >= 4 is 11.9 Å². The van der Waals surface area contributed by atoms with Crippen LogP contribution in [-0.2, 0) is 42.7 Å². The van der Waals surface area contributed by atoms with Crippen LogP contribution in [0.3, 0.4) is 0 Å². The molecule has 18 nitrogen and oxygen atoms in total. The third kappa shape index (κ3) is 5.51. The molecule has 4 heterocycles. The zero-order valence-corrected chi connectivity index (χ0v) is 20.6. The van der Waals surface area contributed by atoms with Gasteiger partial charge in [-0.25, -0.2) is 9.59 Å². The lowest BCUT2D eigenvalue weighted by Crippen LogP contribution is -2.66. The number of carboxylic acid groups (broad SMARTS) is 2. The number of rotatable bonds is 7. The Balaban J connectivity index is 1.58. The molecule has 4 saturated heterocycles. The van der Waals surface area contributed by atoms with E-state index in [0.29, 0.717) is 0 Å². The van der Waals surface area contributed by atoms with Crippen LogP contribution >= 0.6 is 0 Å². The zero-order valence-electron chi connectivity index (χ0n) is 20.6. The first-order valence-electron chi connectivity index (χ1n) is 12.0. The molecule has 0 aromatic heterocycles. The number of aliphatic hydroxyl groups excluding tert-OH is 7. The lowest BCUT2D eigenvalue weighted by molar-refractivity contribution is -0.371. The molecule has 0 saturated carbocycles. The summed E-state index contributed by atoms with van der Waals surface area (Å²) in [6.07, 6.45) is -25.4. The van der Waals surface area contributed by atoms with Crippen molar-refractivity contribution in [1.29, 1.82) is 0 Å². The maximum atomic E-state index is 11.9. The Morgan fingerprint density at radius 1 is 0.769 bits per heavy atom. The lowest BCUT2D eigenvalue weighted by atomic mass is 9.96. The molecule has 4 fully saturated rings. The Morgan fingerprint density at radius 2 is 1.36 bits per heavy atom. The van der Waals surface area contributed by atoms with E-state index in [1.165, 1.54) is 6.92 Å². The van der Waals surface area contributed by atoms with E-state index in [9.17, 15) is 55.5 Å². The highest BCUT2D eigenvalue weighted by Gasteiger charge is 2.62. The van der Waals surface area contributed by atoms with E-state index in [1.807, 2.05) is 0 Å². The van der Waals surface area contributed by atoms with Crippen molar-refractivity contribution in [2.45, 2.75) is 112 Å². The molecule has 224 valence electrons. The van der Waals surface area contributed by atoms with E-state index in [2.05, 4.69) is 0 Å². The normalized spacial score (nSPS) is 52.3. The van der Waals surface area contributed by atoms with Crippen LogP contribution in [0.1, 0.15) is 13.8 Å². The SMILES string of the molecule is C[C@@H]1O[C@@H](O[C@@H]2[C@@H](O)[C@H](O[C@H]3[C@@H]4OC(C)(C(=O)O)O[C@H]4C(O)O[C@@H]3C(=O)O)O[C@H](CO)[C@H]2O)[C@@H](O)[C@H](O)[C@@H]1O. The fourth-order valence-electron chi connectivity index (χ4n) is 4.84. The van der Waals surface area contributed by atoms with E-state index in [0.717, 1.165) is 6.92 Å². The lowest BCUT2D eigenvalue weighted by Gasteiger charge is -2.47. The first-order valence-corrected chi connectivity index (χ1v) is 12.0. The van der Waals surface area contributed by atoms with Gasteiger partial charge in [-0.2, -0.15) is 0 Å². The van der Waals surface area contributed by atoms with E-state index in [1.54, 1.807) is 0 Å². The number of carboxylic acids is 2. The average Bonchev–Trinajstić information content (AvgIpc) is 3.26. The summed E-state index contributed by atoms with van der Waals surface area (Å²) in [5.41, 5.74) is 0. The summed E-state index contributed by atoms with van der Waals surface area (Å²) in [5.74, 6) is -5.59. The average molecular weight is 572 g/mol. The molecule has 16 atom stereocenters. The number of carbonyl (C=O) groups is 2. The number of aliphatic hydroxyl groups is 7. The third-order valence-corrected chi connectivity index (χ3v) is 7.08. The molecule has 0 aliphatic carbocycles. The second kappa shape index (κ2) is 11.3. The summed E-state index contributed by atoms with van der Waals surface area (Å²) in [6, 6.07) is 0. The molecule has 0 spiro atoms. The summed E-state index contributed by atoms with van der Waals surface area (Å²) in [6.45, 7) is 1.51. The molecular weight excluding hydrogens is 540 g/mol. The number of fused-ring (bicyclic) bond motifs is 1. The van der Waals surface area contributed by atoms with E-state index >= 15 is 0 Å². The van der Waals surface area contributed by atoms with Gasteiger partial charge in [-0.1, -0.05) is 0 Å². The largest absolute Gasteiger partial charge is 0.479 e. The molecule has 0 radical (unpaired) electrons. The molecule has 9 N–H and O–H groups in total. The Bertz CT molecular complexity index is 904. The zero-order chi connectivity index (χ0) is 29.0. The van der Waals surface area contributed by atoms with Crippen LogP contribution in [0.5, 0.6) is 0 Å². The topological polar surface area (TPSA) is 281 Å². The second-order valence-corrected chi connectivity index (χ2v) is 9.79. The van der Waals surface area contributed by atoms with Gasteiger partial charge in [0.15, 0.2) is 25.0 Å². The summed E-state index contributed by atoms with van der Waals surface area (Å²) in [7, 11) is 0. The Kier molecular flexibility index (Phi) is 8.82. The van der Waals surface area contributed by atoms with Crippen molar-refractivity contribution in [2.75, 3.05) is 6.61 Å². The van der Waals surface area contributed by atoms with Crippen LogP contribution in [0.15, 0.2) is 0 Å². The van der Waals surface area contributed by atoms with Crippen LogP contribution in [0.25, 0.3) is 0 Å². The molecule has 0 bridgehead atoms. The fourth-order valence-corrected chi connectivity index (χ4v) is 4.84. The van der Waals surface area contributed by atoms with Crippen LogP contribution < -0.4 is 0 Å². The van der Waals surface area contributed by atoms with Crippen molar-refractivity contribution in [1.82, 2.24) is 0 Å². The molecule has 2 unspecified atom stereocenters. The van der Waals surface area contributed by atoms with Gasteiger partial charge < -0.3 is 79.1 Å². The van der Waals surface area contributed by atoms with E-state index in [-0.39, 0.29) is 0 Å². The van der Waals surface area contributed by atoms with Gasteiger partial charge in [-0.15, -0.1) is 0 Å². The van der Waals surface area contributed by atoms with Crippen molar-refractivity contribution in [3.8, 4) is 0 Å². The van der Waals surface area contributed by atoms with Gasteiger partial charge in [-0.3, -0.25) is 0 Å². The highest BCUT2D eigenvalue weighted by atomic mass is 16.8. The fraction of sp³-hybridized carbons (Fsp3) is 0.905. The Hall–Kier alpha value is -1.62. The predicted molar refractivity (Wildman–Crippen MR) is 114 cm³/mol. The van der Waals surface area contributed by atoms with Crippen LogP contribution in [0.4, 0.5) is 0 Å². The van der Waals surface area contributed by atoms with Gasteiger partial charge in [-0.05, 0) is 6.92 Å². The van der Waals surface area contributed by atoms with E-state index in [4.69, 9.17) is 33.2 Å². The molecule has 18 heteroatoms. The second-order valence-electron chi connectivity index (χ2n) is 9.79. The van der Waals surface area contributed by atoms with Gasteiger partial charge >= 0.3 is 11.9 Å². The van der Waals surface area contributed by atoms with Crippen LogP contribution in [-0.4, -0.2) is 162 Å². The standard InChI is InChI=1S/C21H32O18/c1-4-6(23)8(25)9(26)18(33-4)36-11-7(24)5(3-22)34-19(10(11)27)37-12-13-15(17(30)35-14(12)16(28)29)39-21(2,38-13)20(31)32/h4-15,17-19,22-27,30H,3H2,1-2H3,(H,28,29)(H,31,32)/t4-,5+,6+,7+,8+,9-,10+,11-,12-,13-,14-,15+,17?,18-,19-,21?/m0/s1. The number of hydrogen-bond donors (Lipinski definition) is 9. The molecular formula is C21H32O18. The van der Waals surface area contributed by atoms with Crippen molar-refractivity contribution in [3.05, 3.63) is 0 Å². The summed E-state index contributed by atoms with van der Waals surface area (Å²) >= 11 is 0. The highest BCUT2D eigenvalue weighted by molar-refractivity contribution is 5.76. The Labute approximate surface area is 219 Å². The van der Waals surface area contributed by atoms with E-state index < -0.39 is 116 Å². The number of aliphatic carboxylic acids is 2. The summed E-state index contributed by atoms with van der Waals surface area (Å²) in [4.78, 5) is 23.6. The molecule has 4 aliphatic rings. The minimum absolute atomic E-state index is 0.857. The minimum Gasteiger partial charge on any atom is -0.479 e. The molecule has 0 amide bonds. The minimum atomic E-state index is -2.33. The monoisotopic (exact) mass is 572 g/mol. The first kappa shape index (κ1) is 30.3. The van der Waals surface area contributed by atoms with Crippen molar-refractivity contribution in [2.24, 2.45) is 0 Å². The van der Waals surface area contributed by atoms with Crippen LogP contribution in [0, 0.1) is 0 Å². The van der Waals surface area contributed by atoms with Gasteiger partial charge in [0.25, 0.3) is 5.79 Å². The quantitative estimate of drug-likeness (QED) is 0.137. The van der Waals surface area contributed by atoms with Gasteiger partial charge in [0.1, 0.15) is 61.0 Å². The predicted octanol–water partition coefficient (Wildman–Crippen LogP) is -5.59. The number of hydrogen-bond acceptors (Lipinski definition) is 16. The van der Waals surface area contributed by atoms with Gasteiger partial charge in [0, 0.05) is 6.92 Å². The molecule has 39 heavy (non-hydrogen) atoms. The summed E-state index contributed by atoms with van der Waals surface area (Å²) < 4.78 is 37.6. The van der Waals surface area contributed by atoms with Gasteiger partial charge in [0.05, 0.1) is 12.7 Å². The van der Waals surface area contributed by atoms with Gasteiger partial charge in [0.2, 0.25) is 0 Å². The van der Waals surface area contributed by atoms with Crippen molar-refractivity contribution in [3.63, 3.8) is 0 Å². The number of ether oxygens (including phenoxy) is 7.